The zero-order valence-electron chi connectivity index (χ0n) is 18.9. The van der Waals surface area contributed by atoms with Crippen LogP contribution in [0.5, 0.6) is 11.5 Å². The first-order valence-corrected chi connectivity index (χ1v) is 10.6. The maximum atomic E-state index is 12.6. The molecule has 0 aliphatic heterocycles. The molecule has 1 aromatic heterocycles. The Morgan fingerprint density at radius 1 is 1.24 bits per heavy atom. The number of esters is 1. The number of nitrogens with zero attached hydrogens (tertiary/aromatic N) is 2. The van der Waals surface area contributed by atoms with E-state index >= 15 is 0 Å². The summed E-state index contributed by atoms with van der Waals surface area (Å²) in [5.74, 6) is -0.362. The first-order chi connectivity index (χ1) is 15.9. The van der Waals surface area contributed by atoms with Crippen molar-refractivity contribution in [1.82, 2.24) is 4.57 Å². The van der Waals surface area contributed by atoms with Gasteiger partial charge in [-0.3, -0.25) is 4.79 Å². The van der Waals surface area contributed by atoms with Crippen molar-refractivity contribution in [3.63, 3.8) is 0 Å². The van der Waals surface area contributed by atoms with Gasteiger partial charge in [0.05, 0.1) is 43.2 Å². The monoisotopic (exact) mass is 475 g/mol. The molecule has 1 amide bonds. The summed E-state index contributed by atoms with van der Waals surface area (Å²) in [6, 6.07) is 5.30. The van der Waals surface area contributed by atoms with Gasteiger partial charge in [0, 0.05) is 25.9 Å². The highest BCUT2D eigenvalue weighted by molar-refractivity contribution is 6.32. The largest absolute Gasteiger partial charge is 0.491 e. The van der Waals surface area contributed by atoms with Gasteiger partial charge in [-0.1, -0.05) is 11.6 Å². The number of nitrogens with one attached hydrogen (secondary N) is 1. The molecule has 0 atom stereocenters. The third-order valence-electron chi connectivity index (χ3n) is 4.42. The van der Waals surface area contributed by atoms with E-state index in [0.717, 1.165) is 0 Å². The fraction of sp³-hybridized carbons (Fsp3) is 0.348. The number of carbonyl (C=O) groups excluding carboxylic acids is 2. The number of ether oxygens (including phenoxy) is 4. The highest BCUT2D eigenvalue weighted by Gasteiger charge is 2.24. The molecule has 0 aliphatic rings. The number of aromatic nitrogens is 1. The molecule has 0 unspecified atom stereocenters. The molecule has 2 rings (SSSR count). The van der Waals surface area contributed by atoms with Crippen molar-refractivity contribution in [3.05, 3.63) is 46.2 Å². The molecule has 0 saturated heterocycles. The van der Waals surface area contributed by atoms with Crippen LogP contribution in [0.4, 0.5) is 5.69 Å². The summed E-state index contributed by atoms with van der Waals surface area (Å²) < 4.78 is 22.5. The van der Waals surface area contributed by atoms with Gasteiger partial charge in [-0.05, 0) is 37.6 Å². The van der Waals surface area contributed by atoms with Gasteiger partial charge in [0.2, 0.25) is 5.91 Å². The Morgan fingerprint density at radius 3 is 2.61 bits per heavy atom. The number of anilines is 1. The van der Waals surface area contributed by atoms with Crippen molar-refractivity contribution in [2.24, 2.45) is 0 Å². The highest BCUT2D eigenvalue weighted by Crippen LogP contribution is 2.36. The lowest BCUT2D eigenvalue weighted by atomic mass is 10.1. The molecule has 9 nitrogen and oxygen atoms in total. The van der Waals surface area contributed by atoms with Gasteiger partial charge in [-0.2, -0.15) is 5.26 Å². The summed E-state index contributed by atoms with van der Waals surface area (Å²) in [6.45, 7) is 4.66. The molecule has 176 valence electrons. The molecular formula is C23H26ClN3O6. The average molecular weight is 476 g/mol. The van der Waals surface area contributed by atoms with Gasteiger partial charge < -0.3 is 28.8 Å². The van der Waals surface area contributed by atoms with Crippen LogP contribution in [0.1, 0.15) is 35.5 Å². The average Bonchev–Trinajstić information content (AvgIpc) is 3.13. The second-order valence-corrected chi connectivity index (χ2v) is 6.98. The van der Waals surface area contributed by atoms with E-state index in [1.165, 1.54) is 37.1 Å². The Bertz CT molecular complexity index is 1070. The van der Waals surface area contributed by atoms with Gasteiger partial charge in [0.1, 0.15) is 6.07 Å². The fourth-order valence-electron chi connectivity index (χ4n) is 3.03. The third kappa shape index (κ3) is 6.51. The van der Waals surface area contributed by atoms with Gasteiger partial charge in [0.25, 0.3) is 0 Å². The molecule has 1 aromatic carbocycles. The SMILES string of the molecule is CCOC(=O)c1c(NC(=O)/C=C/c2cc(Cl)c(OC)c(OCC)c2)c(C#N)cn1CCOC. The number of halogens is 1. The van der Waals surface area contributed by atoms with E-state index in [2.05, 4.69) is 5.32 Å². The molecular weight excluding hydrogens is 450 g/mol. The smallest absolute Gasteiger partial charge is 0.357 e. The maximum absolute atomic E-state index is 12.6. The van der Waals surface area contributed by atoms with Gasteiger partial charge in [-0.25, -0.2) is 4.79 Å². The van der Waals surface area contributed by atoms with Crippen molar-refractivity contribution in [2.45, 2.75) is 20.4 Å². The van der Waals surface area contributed by atoms with Crippen LogP contribution in [0.15, 0.2) is 24.4 Å². The number of rotatable bonds is 11. The Morgan fingerprint density at radius 2 is 2.00 bits per heavy atom. The predicted octanol–water partition coefficient (Wildman–Crippen LogP) is 3.90. The molecule has 0 saturated carbocycles. The summed E-state index contributed by atoms with van der Waals surface area (Å²) in [5, 5.41) is 12.5. The van der Waals surface area contributed by atoms with Crippen LogP contribution >= 0.6 is 11.6 Å². The predicted molar refractivity (Wildman–Crippen MR) is 124 cm³/mol. The van der Waals surface area contributed by atoms with E-state index < -0.39 is 11.9 Å². The lowest BCUT2D eigenvalue weighted by Gasteiger charge is -2.12. The summed E-state index contributed by atoms with van der Waals surface area (Å²) in [4.78, 5) is 25.2. The normalized spacial score (nSPS) is 10.7. The molecule has 0 radical (unpaired) electrons. The third-order valence-corrected chi connectivity index (χ3v) is 4.70. The Kier molecular flexibility index (Phi) is 9.79. The number of nitriles is 1. The quantitative estimate of drug-likeness (QED) is 0.387. The minimum Gasteiger partial charge on any atom is -0.491 e. The number of benzene rings is 1. The van der Waals surface area contributed by atoms with Crippen LogP contribution in [-0.4, -0.2) is 50.5 Å². The summed E-state index contributed by atoms with van der Waals surface area (Å²) in [5.41, 5.74) is 0.869. The molecule has 0 aliphatic carbocycles. The zero-order chi connectivity index (χ0) is 24.4. The van der Waals surface area contributed by atoms with Crippen molar-refractivity contribution in [2.75, 3.05) is 39.4 Å². The molecule has 0 fully saturated rings. The topological polar surface area (TPSA) is 112 Å². The van der Waals surface area contributed by atoms with E-state index in [4.69, 9.17) is 30.5 Å². The Balaban J connectivity index is 2.34. The number of methoxy groups -OCH3 is 2. The zero-order valence-corrected chi connectivity index (χ0v) is 19.7. The Hall–Kier alpha value is -3.48. The lowest BCUT2D eigenvalue weighted by Crippen LogP contribution is -2.18. The van der Waals surface area contributed by atoms with E-state index in [-0.39, 0.29) is 23.6 Å². The van der Waals surface area contributed by atoms with Crippen LogP contribution in [0.2, 0.25) is 5.02 Å². The second-order valence-electron chi connectivity index (χ2n) is 6.57. The number of hydrogen-bond donors (Lipinski definition) is 1. The van der Waals surface area contributed by atoms with Gasteiger partial charge in [-0.15, -0.1) is 0 Å². The standard InChI is InChI=1S/C23H26ClN3O6/c1-5-32-18-12-15(11-17(24)22(18)31-4)7-8-19(28)26-20-16(13-25)14-27(9-10-30-3)21(20)23(29)33-6-2/h7-8,11-12,14H,5-6,9-10H2,1-4H3,(H,26,28)/b8-7+. The van der Waals surface area contributed by atoms with Crippen LogP contribution in [0, 0.1) is 11.3 Å². The van der Waals surface area contributed by atoms with Gasteiger partial charge >= 0.3 is 5.97 Å². The number of carbonyl (C=O) groups is 2. The van der Waals surface area contributed by atoms with Crippen LogP contribution in [0.25, 0.3) is 6.08 Å². The van der Waals surface area contributed by atoms with Crippen molar-refractivity contribution >= 4 is 35.2 Å². The van der Waals surface area contributed by atoms with Crippen molar-refractivity contribution in [3.8, 4) is 17.6 Å². The van der Waals surface area contributed by atoms with E-state index in [1.54, 1.807) is 19.1 Å². The number of hydrogen-bond acceptors (Lipinski definition) is 7. The molecule has 1 N–H and O–H groups in total. The van der Waals surface area contributed by atoms with Crippen LogP contribution in [0.3, 0.4) is 0 Å². The molecule has 0 bridgehead atoms. The summed E-state index contributed by atoms with van der Waals surface area (Å²) >= 11 is 6.24. The molecule has 33 heavy (non-hydrogen) atoms. The van der Waals surface area contributed by atoms with Crippen LogP contribution < -0.4 is 14.8 Å². The first-order valence-electron chi connectivity index (χ1n) is 10.2. The highest BCUT2D eigenvalue weighted by atomic mass is 35.5. The maximum Gasteiger partial charge on any atom is 0.357 e. The molecule has 0 spiro atoms. The first kappa shape index (κ1) is 25.8. The van der Waals surface area contributed by atoms with E-state index in [0.29, 0.717) is 41.8 Å². The van der Waals surface area contributed by atoms with Crippen molar-refractivity contribution < 1.29 is 28.5 Å². The number of amides is 1. The molecule has 1 heterocycles. The van der Waals surface area contributed by atoms with Crippen molar-refractivity contribution in [1.29, 1.82) is 5.26 Å². The minimum atomic E-state index is -0.655. The van der Waals surface area contributed by atoms with E-state index in [1.807, 2.05) is 13.0 Å². The van der Waals surface area contributed by atoms with E-state index in [9.17, 15) is 14.9 Å². The molecule has 2 aromatic rings. The van der Waals surface area contributed by atoms with Crippen LogP contribution in [-0.2, 0) is 20.8 Å². The minimum absolute atomic E-state index is 0.0679. The summed E-state index contributed by atoms with van der Waals surface area (Å²) in [6.07, 6.45) is 4.26. The summed E-state index contributed by atoms with van der Waals surface area (Å²) in [7, 11) is 3.01. The Labute approximate surface area is 197 Å². The van der Waals surface area contributed by atoms with Gasteiger partial charge in [0.15, 0.2) is 17.2 Å². The molecule has 10 heteroatoms. The fourth-order valence-corrected chi connectivity index (χ4v) is 3.33. The lowest BCUT2D eigenvalue weighted by molar-refractivity contribution is -0.111. The second kappa shape index (κ2) is 12.5.